The highest BCUT2D eigenvalue weighted by molar-refractivity contribution is 5.76. The van der Waals surface area contributed by atoms with Crippen molar-refractivity contribution in [3.63, 3.8) is 0 Å². The average molecular weight is 391 g/mol. The monoisotopic (exact) mass is 391 g/mol. The van der Waals surface area contributed by atoms with Crippen LogP contribution in [0.2, 0.25) is 0 Å². The van der Waals surface area contributed by atoms with Crippen molar-refractivity contribution in [1.82, 2.24) is 23.1 Å². The van der Waals surface area contributed by atoms with Crippen LogP contribution in [0.1, 0.15) is 36.8 Å². The number of aromatic nitrogens is 5. The Bertz CT molecular complexity index is 1370. The van der Waals surface area contributed by atoms with Crippen LogP contribution in [0.25, 0.3) is 16.9 Å². The van der Waals surface area contributed by atoms with Crippen LogP contribution in [-0.2, 0) is 13.6 Å². The molecule has 7 heteroatoms. The SMILES string of the molecule is C/C=C/Cn1c(=O)c2c(nc3n([C@H](C)c4ccccc4)c(C)c(C)n23)n(C)c1=O. The van der Waals surface area contributed by atoms with Crippen LogP contribution in [0.3, 0.4) is 0 Å². The quantitative estimate of drug-likeness (QED) is 0.503. The maximum atomic E-state index is 13.2. The second-order valence-corrected chi connectivity index (χ2v) is 7.37. The molecule has 7 nitrogen and oxygen atoms in total. The Labute approximate surface area is 168 Å². The molecule has 0 aliphatic rings. The fourth-order valence-corrected chi connectivity index (χ4v) is 3.99. The number of benzene rings is 1. The first-order chi connectivity index (χ1) is 13.9. The molecule has 0 fully saturated rings. The average Bonchev–Trinajstić information content (AvgIpc) is 3.22. The molecule has 0 saturated heterocycles. The van der Waals surface area contributed by atoms with Gasteiger partial charge in [-0.05, 0) is 33.3 Å². The van der Waals surface area contributed by atoms with Gasteiger partial charge in [0, 0.05) is 25.0 Å². The van der Waals surface area contributed by atoms with Crippen LogP contribution in [0.4, 0.5) is 0 Å². The smallest absolute Gasteiger partial charge is 0.307 e. The Balaban J connectivity index is 2.10. The largest absolute Gasteiger partial charge is 0.332 e. The van der Waals surface area contributed by atoms with Gasteiger partial charge in [-0.3, -0.25) is 18.3 Å². The molecular formula is C22H25N5O2. The highest BCUT2D eigenvalue weighted by Gasteiger charge is 2.24. The Morgan fingerprint density at radius 3 is 2.45 bits per heavy atom. The summed E-state index contributed by atoms with van der Waals surface area (Å²) in [5, 5.41) is 0. The minimum Gasteiger partial charge on any atom is -0.307 e. The van der Waals surface area contributed by atoms with E-state index in [1.165, 1.54) is 9.13 Å². The van der Waals surface area contributed by atoms with E-state index in [1.807, 2.05) is 49.4 Å². The van der Waals surface area contributed by atoms with Crippen molar-refractivity contribution in [2.75, 3.05) is 0 Å². The number of imidazole rings is 2. The van der Waals surface area contributed by atoms with E-state index >= 15 is 0 Å². The van der Waals surface area contributed by atoms with Gasteiger partial charge in [0.25, 0.3) is 5.56 Å². The van der Waals surface area contributed by atoms with Crippen LogP contribution < -0.4 is 11.2 Å². The first kappa shape index (κ1) is 19.0. The van der Waals surface area contributed by atoms with E-state index in [0.717, 1.165) is 17.0 Å². The summed E-state index contributed by atoms with van der Waals surface area (Å²) in [5.74, 6) is 0.669. The molecule has 0 N–H and O–H groups in total. The van der Waals surface area contributed by atoms with Crippen molar-refractivity contribution in [3.05, 3.63) is 80.3 Å². The molecule has 4 rings (SSSR count). The van der Waals surface area contributed by atoms with Crippen LogP contribution in [0.15, 0.2) is 52.1 Å². The van der Waals surface area contributed by atoms with Crippen molar-refractivity contribution in [2.24, 2.45) is 7.05 Å². The fourth-order valence-electron chi connectivity index (χ4n) is 3.99. The second-order valence-electron chi connectivity index (χ2n) is 7.37. The van der Waals surface area contributed by atoms with Crippen molar-refractivity contribution in [1.29, 1.82) is 0 Å². The summed E-state index contributed by atoms with van der Waals surface area (Å²) < 4.78 is 6.73. The number of nitrogens with zero attached hydrogens (tertiary/aromatic N) is 5. The van der Waals surface area contributed by atoms with Gasteiger partial charge in [-0.25, -0.2) is 4.79 Å². The normalized spacial score (nSPS) is 13.1. The van der Waals surface area contributed by atoms with E-state index in [-0.39, 0.29) is 23.8 Å². The van der Waals surface area contributed by atoms with E-state index in [1.54, 1.807) is 13.1 Å². The van der Waals surface area contributed by atoms with Gasteiger partial charge in [-0.1, -0.05) is 42.5 Å². The number of fused-ring (bicyclic) bond motifs is 3. The zero-order chi connectivity index (χ0) is 20.9. The lowest BCUT2D eigenvalue weighted by atomic mass is 10.1. The van der Waals surface area contributed by atoms with Gasteiger partial charge in [-0.2, -0.15) is 4.98 Å². The number of rotatable bonds is 4. The predicted molar refractivity (Wildman–Crippen MR) is 115 cm³/mol. The van der Waals surface area contributed by atoms with Crippen molar-refractivity contribution in [3.8, 4) is 0 Å². The molecule has 0 radical (unpaired) electrons. The minimum atomic E-state index is -0.363. The summed E-state index contributed by atoms with van der Waals surface area (Å²) in [6.45, 7) is 8.24. The molecule has 1 aromatic carbocycles. The summed E-state index contributed by atoms with van der Waals surface area (Å²) in [7, 11) is 1.66. The van der Waals surface area contributed by atoms with Gasteiger partial charge in [0.2, 0.25) is 5.78 Å². The van der Waals surface area contributed by atoms with E-state index in [4.69, 9.17) is 4.98 Å². The Kier molecular flexibility index (Phi) is 4.53. The summed E-state index contributed by atoms with van der Waals surface area (Å²) in [6, 6.07) is 10.2. The van der Waals surface area contributed by atoms with E-state index in [9.17, 15) is 9.59 Å². The third-order valence-corrected chi connectivity index (χ3v) is 5.75. The van der Waals surface area contributed by atoms with Gasteiger partial charge < -0.3 is 4.57 Å². The number of allylic oxidation sites excluding steroid dienone is 2. The van der Waals surface area contributed by atoms with E-state index in [2.05, 4.69) is 23.6 Å². The van der Waals surface area contributed by atoms with Gasteiger partial charge in [0.05, 0.1) is 6.04 Å². The fraction of sp³-hybridized carbons (Fsp3) is 0.318. The topological polar surface area (TPSA) is 66.2 Å². The van der Waals surface area contributed by atoms with Crippen molar-refractivity contribution >= 4 is 16.9 Å². The summed E-state index contributed by atoms with van der Waals surface area (Å²) in [4.78, 5) is 30.7. The lowest BCUT2D eigenvalue weighted by Gasteiger charge is -2.16. The standard InChI is InChI=1S/C22H25N5O2/c1-6-7-13-25-20(28)18-19(24(5)22(25)29)23-21-26(14(2)15(3)27(18)21)16(4)17-11-9-8-10-12-17/h6-12,16H,13H2,1-5H3/b7-6+/t16-/m1/s1. The van der Waals surface area contributed by atoms with E-state index < -0.39 is 0 Å². The van der Waals surface area contributed by atoms with Gasteiger partial charge in [-0.15, -0.1) is 0 Å². The van der Waals surface area contributed by atoms with Gasteiger partial charge in [0.1, 0.15) is 0 Å². The summed E-state index contributed by atoms with van der Waals surface area (Å²) in [5.41, 5.74) is 3.30. The second kappa shape index (κ2) is 6.92. The first-order valence-electron chi connectivity index (χ1n) is 9.74. The molecule has 0 spiro atoms. The molecule has 0 aliphatic heterocycles. The molecule has 0 amide bonds. The van der Waals surface area contributed by atoms with Crippen LogP contribution in [0.5, 0.6) is 0 Å². The van der Waals surface area contributed by atoms with Crippen molar-refractivity contribution in [2.45, 2.75) is 40.3 Å². The Morgan fingerprint density at radius 1 is 1.10 bits per heavy atom. The summed E-state index contributed by atoms with van der Waals surface area (Å²) in [6.07, 6.45) is 3.63. The van der Waals surface area contributed by atoms with E-state index in [0.29, 0.717) is 16.9 Å². The summed E-state index contributed by atoms with van der Waals surface area (Å²) >= 11 is 0. The maximum Gasteiger partial charge on any atom is 0.332 e. The van der Waals surface area contributed by atoms with Crippen LogP contribution in [-0.4, -0.2) is 23.1 Å². The minimum absolute atomic E-state index is 0.0338. The molecule has 0 aliphatic carbocycles. The highest BCUT2D eigenvalue weighted by atomic mass is 16.2. The molecule has 29 heavy (non-hydrogen) atoms. The Hall–Kier alpha value is -3.35. The van der Waals surface area contributed by atoms with Gasteiger partial charge in [0.15, 0.2) is 11.2 Å². The van der Waals surface area contributed by atoms with Crippen LogP contribution in [0, 0.1) is 13.8 Å². The zero-order valence-electron chi connectivity index (χ0n) is 17.4. The number of hydrogen-bond donors (Lipinski definition) is 0. The molecule has 0 saturated carbocycles. The molecule has 1 atom stereocenters. The first-order valence-corrected chi connectivity index (χ1v) is 9.74. The predicted octanol–water partition coefficient (Wildman–Crippen LogP) is 2.95. The molecule has 4 aromatic rings. The lowest BCUT2D eigenvalue weighted by Crippen LogP contribution is -2.39. The molecule has 3 heterocycles. The Morgan fingerprint density at radius 2 is 1.79 bits per heavy atom. The highest BCUT2D eigenvalue weighted by Crippen LogP contribution is 2.27. The molecule has 0 bridgehead atoms. The maximum absolute atomic E-state index is 13.2. The third kappa shape index (κ3) is 2.68. The molecule has 0 unspecified atom stereocenters. The molecule has 3 aromatic heterocycles. The number of hydrogen-bond acceptors (Lipinski definition) is 3. The van der Waals surface area contributed by atoms with Crippen molar-refractivity contribution < 1.29 is 0 Å². The van der Waals surface area contributed by atoms with Gasteiger partial charge >= 0.3 is 5.69 Å². The third-order valence-electron chi connectivity index (χ3n) is 5.75. The molecular weight excluding hydrogens is 366 g/mol. The van der Waals surface area contributed by atoms with Crippen LogP contribution >= 0.6 is 0 Å². The zero-order valence-corrected chi connectivity index (χ0v) is 17.4. The lowest BCUT2D eigenvalue weighted by molar-refractivity contribution is 0.637. The number of aryl methyl sites for hydroxylation is 2. The molecule has 150 valence electrons.